The lowest BCUT2D eigenvalue weighted by atomic mass is 10.2. The summed E-state index contributed by atoms with van der Waals surface area (Å²) in [7, 11) is 1.28. The molecule has 156 valence electrons. The Bertz CT molecular complexity index is 988. The van der Waals surface area contributed by atoms with Gasteiger partial charge in [0.05, 0.1) is 17.6 Å². The highest BCUT2D eigenvalue weighted by atomic mass is 16.6. The zero-order valence-corrected chi connectivity index (χ0v) is 16.1. The van der Waals surface area contributed by atoms with Gasteiger partial charge < -0.3 is 19.7 Å². The highest BCUT2D eigenvalue weighted by Gasteiger charge is 2.22. The number of methoxy groups -OCH3 is 1. The lowest BCUT2D eigenvalue weighted by molar-refractivity contribution is -0.385. The largest absolute Gasteiger partial charge is 0.490 e. The van der Waals surface area contributed by atoms with E-state index in [-0.39, 0.29) is 22.9 Å². The summed E-state index contributed by atoms with van der Waals surface area (Å²) in [6.45, 7) is 0.106. The molecule has 0 radical (unpaired) electrons. The van der Waals surface area contributed by atoms with Crippen molar-refractivity contribution in [2.24, 2.45) is 0 Å². The van der Waals surface area contributed by atoms with Crippen LogP contribution in [0.25, 0.3) is 0 Å². The SMILES string of the molecule is COc1ccc(C(=O)OCC(=O)Nc2ccc(N3CCCC3=O)cc2)cc1[N+](=O)[O-]. The van der Waals surface area contributed by atoms with Gasteiger partial charge in [-0.25, -0.2) is 4.79 Å². The van der Waals surface area contributed by atoms with Gasteiger partial charge >= 0.3 is 11.7 Å². The number of benzene rings is 2. The Morgan fingerprint density at radius 1 is 1.20 bits per heavy atom. The topological polar surface area (TPSA) is 128 Å². The van der Waals surface area contributed by atoms with Gasteiger partial charge in [0.25, 0.3) is 5.91 Å². The monoisotopic (exact) mass is 413 g/mol. The molecule has 1 aliphatic heterocycles. The normalized spacial score (nSPS) is 13.1. The van der Waals surface area contributed by atoms with Crippen molar-refractivity contribution >= 4 is 34.8 Å². The molecule has 3 rings (SSSR count). The first-order valence-electron chi connectivity index (χ1n) is 9.09. The van der Waals surface area contributed by atoms with Crippen LogP contribution in [0.2, 0.25) is 0 Å². The van der Waals surface area contributed by atoms with E-state index in [1.54, 1.807) is 29.2 Å². The fraction of sp³-hybridized carbons (Fsp3) is 0.250. The van der Waals surface area contributed by atoms with Gasteiger partial charge in [0.1, 0.15) is 0 Å². The summed E-state index contributed by atoms with van der Waals surface area (Å²) in [6.07, 6.45) is 1.35. The number of amides is 2. The lowest BCUT2D eigenvalue weighted by Gasteiger charge is -2.16. The van der Waals surface area contributed by atoms with E-state index in [0.717, 1.165) is 18.2 Å². The maximum atomic E-state index is 12.1. The number of nitro benzene ring substituents is 1. The minimum absolute atomic E-state index is 0.00775. The van der Waals surface area contributed by atoms with Crippen molar-refractivity contribution in [1.82, 2.24) is 0 Å². The number of carbonyl (C=O) groups excluding carboxylic acids is 3. The molecule has 1 saturated heterocycles. The molecule has 0 unspecified atom stereocenters. The number of nitro groups is 1. The van der Waals surface area contributed by atoms with Crippen LogP contribution >= 0.6 is 0 Å². The maximum absolute atomic E-state index is 12.1. The Hall–Kier alpha value is -3.95. The lowest BCUT2D eigenvalue weighted by Crippen LogP contribution is -2.23. The van der Waals surface area contributed by atoms with Gasteiger partial charge in [0, 0.05) is 30.4 Å². The standard InChI is InChI=1S/C20H19N3O7/c1-29-17-9-4-13(11-16(17)23(27)28)20(26)30-12-18(24)21-14-5-7-15(8-6-14)22-10-2-3-19(22)25/h4-9,11H,2-3,10,12H2,1H3,(H,21,24). The van der Waals surface area contributed by atoms with Gasteiger partial charge in [-0.15, -0.1) is 0 Å². The fourth-order valence-electron chi connectivity index (χ4n) is 3.02. The molecular formula is C20H19N3O7. The molecule has 0 aliphatic carbocycles. The van der Waals surface area contributed by atoms with Crippen LogP contribution in [-0.4, -0.2) is 43.0 Å². The van der Waals surface area contributed by atoms with Gasteiger partial charge in [-0.05, 0) is 42.8 Å². The average Bonchev–Trinajstić information content (AvgIpc) is 3.17. The van der Waals surface area contributed by atoms with Crippen molar-refractivity contribution in [2.75, 3.05) is 30.5 Å². The zero-order chi connectivity index (χ0) is 21.7. The number of nitrogens with zero attached hydrogens (tertiary/aromatic N) is 2. The first-order chi connectivity index (χ1) is 14.4. The Morgan fingerprint density at radius 3 is 2.53 bits per heavy atom. The second-order valence-corrected chi connectivity index (χ2v) is 6.46. The van der Waals surface area contributed by atoms with Gasteiger partial charge in [-0.1, -0.05) is 0 Å². The molecule has 0 saturated carbocycles. The quantitative estimate of drug-likeness (QED) is 0.420. The van der Waals surface area contributed by atoms with E-state index in [1.165, 1.54) is 19.2 Å². The number of nitrogens with one attached hydrogen (secondary N) is 1. The second kappa shape index (κ2) is 9.03. The highest BCUT2D eigenvalue weighted by molar-refractivity contribution is 5.97. The van der Waals surface area contributed by atoms with Crippen LogP contribution in [0.1, 0.15) is 23.2 Å². The molecule has 0 spiro atoms. The van der Waals surface area contributed by atoms with E-state index in [9.17, 15) is 24.5 Å². The summed E-state index contributed by atoms with van der Waals surface area (Å²) < 4.78 is 9.80. The Labute approximate surface area is 171 Å². The molecule has 0 atom stereocenters. The molecule has 30 heavy (non-hydrogen) atoms. The van der Waals surface area contributed by atoms with Gasteiger partial charge in [0.15, 0.2) is 12.4 Å². The average molecular weight is 413 g/mol. The third kappa shape index (κ3) is 4.72. The maximum Gasteiger partial charge on any atom is 0.338 e. The molecule has 1 heterocycles. The van der Waals surface area contributed by atoms with Crippen LogP contribution in [-0.2, 0) is 14.3 Å². The number of hydrogen-bond acceptors (Lipinski definition) is 7. The van der Waals surface area contributed by atoms with Crippen molar-refractivity contribution in [3.8, 4) is 5.75 Å². The van der Waals surface area contributed by atoms with Gasteiger partial charge in [-0.3, -0.25) is 19.7 Å². The van der Waals surface area contributed by atoms with E-state index in [1.807, 2.05) is 0 Å². The Morgan fingerprint density at radius 2 is 1.93 bits per heavy atom. The number of anilines is 2. The number of ether oxygens (including phenoxy) is 2. The second-order valence-electron chi connectivity index (χ2n) is 6.46. The molecule has 1 aliphatic rings. The summed E-state index contributed by atoms with van der Waals surface area (Å²) in [6, 6.07) is 10.4. The molecule has 0 aromatic heterocycles. The molecule has 10 heteroatoms. The van der Waals surface area contributed by atoms with E-state index in [2.05, 4.69) is 5.32 Å². The van der Waals surface area contributed by atoms with Gasteiger partial charge in [0.2, 0.25) is 5.91 Å². The van der Waals surface area contributed by atoms with E-state index in [4.69, 9.17) is 9.47 Å². The molecule has 10 nitrogen and oxygen atoms in total. The number of hydrogen-bond donors (Lipinski definition) is 1. The van der Waals surface area contributed by atoms with Crippen LogP contribution < -0.4 is 15.0 Å². The molecule has 1 fully saturated rings. The first kappa shape index (κ1) is 20.8. The third-order valence-corrected chi connectivity index (χ3v) is 4.48. The fourth-order valence-corrected chi connectivity index (χ4v) is 3.02. The number of rotatable bonds is 7. The van der Waals surface area contributed by atoms with Gasteiger partial charge in [-0.2, -0.15) is 0 Å². The first-order valence-corrected chi connectivity index (χ1v) is 9.09. The minimum Gasteiger partial charge on any atom is -0.490 e. The van der Waals surface area contributed by atoms with Crippen LogP contribution in [0.5, 0.6) is 5.75 Å². The predicted molar refractivity (Wildman–Crippen MR) is 107 cm³/mol. The summed E-state index contributed by atoms with van der Waals surface area (Å²) in [5.74, 6) is -1.37. The molecular weight excluding hydrogens is 394 g/mol. The molecule has 2 amide bonds. The summed E-state index contributed by atoms with van der Waals surface area (Å²) >= 11 is 0. The molecule has 0 bridgehead atoms. The summed E-state index contributed by atoms with van der Waals surface area (Å²) in [4.78, 5) is 47.9. The van der Waals surface area contributed by atoms with Crippen LogP contribution in [0, 0.1) is 10.1 Å². The van der Waals surface area contributed by atoms with E-state index < -0.39 is 23.4 Å². The minimum atomic E-state index is -0.876. The van der Waals surface area contributed by atoms with Crippen molar-refractivity contribution in [2.45, 2.75) is 12.8 Å². The third-order valence-electron chi connectivity index (χ3n) is 4.48. The van der Waals surface area contributed by atoms with Crippen LogP contribution in [0.4, 0.5) is 17.1 Å². The van der Waals surface area contributed by atoms with E-state index in [0.29, 0.717) is 18.7 Å². The summed E-state index contributed by atoms with van der Waals surface area (Å²) in [5.41, 5.74) is 0.775. The van der Waals surface area contributed by atoms with Crippen molar-refractivity contribution in [1.29, 1.82) is 0 Å². The zero-order valence-electron chi connectivity index (χ0n) is 16.1. The van der Waals surface area contributed by atoms with Crippen LogP contribution in [0.15, 0.2) is 42.5 Å². The number of carbonyl (C=O) groups is 3. The van der Waals surface area contributed by atoms with Crippen molar-refractivity contribution in [3.05, 3.63) is 58.1 Å². The van der Waals surface area contributed by atoms with E-state index >= 15 is 0 Å². The van der Waals surface area contributed by atoms with Crippen molar-refractivity contribution < 1.29 is 28.8 Å². The molecule has 2 aromatic rings. The van der Waals surface area contributed by atoms with Crippen LogP contribution in [0.3, 0.4) is 0 Å². The molecule has 1 N–H and O–H groups in total. The predicted octanol–water partition coefficient (Wildman–Crippen LogP) is 2.53. The highest BCUT2D eigenvalue weighted by Crippen LogP contribution is 2.28. The smallest absolute Gasteiger partial charge is 0.338 e. The number of esters is 1. The molecule has 2 aromatic carbocycles. The Balaban J connectivity index is 1.55. The Kier molecular flexibility index (Phi) is 6.26. The van der Waals surface area contributed by atoms with Crippen molar-refractivity contribution in [3.63, 3.8) is 0 Å². The summed E-state index contributed by atoms with van der Waals surface area (Å²) in [5, 5.41) is 13.6.